The molecule has 0 spiro atoms. The SMILES string of the molecule is CC(C)=CCn1c(N2CCCC(N)C2)nc2c1c(=O)n(CC(=O)c1cccc(CS(=O)O)c1)c(=O)n2C. The van der Waals surface area contributed by atoms with E-state index in [0.29, 0.717) is 24.6 Å². The molecule has 1 aromatic carbocycles. The topological polar surface area (TPSA) is 145 Å². The Balaban J connectivity index is 1.82. The summed E-state index contributed by atoms with van der Waals surface area (Å²) in [6.07, 6.45) is 3.78. The molecular weight excluding hydrogens is 496 g/mol. The summed E-state index contributed by atoms with van der Waals surface area (Å²) in [7, 11) is 1.53. The van der Waals surface area contributed by atoms with Gasteiger partial charge >= 0.3 is 5.69 Å². The van der Waals surface area contributed by atoms with Crippen molar-refractivity contribution in [1.82, 2.24) is 18.7 Å². The summed E-state index contributed by atoms with van der Waals surface area (Å²) in [6.45, 7) is 5.16. The number of fused-ring (bicyclic) bond motifs is 1. The van der Waals surface area contributed by atoms with Crippen LogP contribution in [0.4, 0.5) is 5.95 Å². The molecule has 37 heavy (non-hydrogen) atoms. The number of piperidine rings is 1. The molecule has 3 aromatic rings. The van der Waals surface area contributed by atoms with Gasteiger partial charge in [0.1, 0.15) is 0 Å². The number of ketones is 1. The van der Waals surface area contributed by atoms with E-state index in [1.165, 1.54) is 17.7 Å². The molecule has 1 aliphatic heterocycles. The van der Waals surface area contributed by atoms with E-state index in [1.807, 2.05) is 24.8 Å². The summed E-state index contributed by atoms with van der Waals surface area (Å²) >= 11 is -2.06. The van der Waals surface area contributed by atoms with Crippen molar-refractivity contribution in [3.8, 4) is 0 Å². The van der Waals surface area contributed by atoms with Gasteiger partial charge in [0.2, 0.25) is 5.95 Å². The van der Waals surface area contributed by atoms with Gasteiger partial charge in [-0.25, -0.2) is 9.00 Å². The highest BCUT2D eigenvalue weighted by atomic mass is 32.2. The third-order valence-corrected chi connectivity index (χ3v) is 7.06. The normalized spacial score (nSPS) is 16.7. The van der Waals surface area contributed by atoms with E-state index >= 15 is 0 Å². The van der Waals surface area contributed by atoms with Crippen molar-refractivity contribution < 1.29 is 13.6 Å². The summed E-state index contributed by atoms with van der Waals surface area (Å²) in [4.78, 5) is 46.8. The Hall–Kier alpha value is -3.35. The average molecular weight is 529 g/mol. The minimum Gasteiger partial charge on any atom is -0.341 e. The highest BCUT2D eigenvalue weighted by Gasteiger charge is 2.26. The summed E-state index contributed by atoms with van der Waals surface area (Å²) in [5.74, 6) is -0.00777. The zero-order valence-corrected chi connectivity index (χ0v) is 22.0. The van der Waals surface area contributed by atoms with Crippen LogP contribution in [0.5, 0.6) is 0 Å². The van der Waals surface area contributed by atoms with Gasteiger partial charge in [-0.1, -0.05) is 29.8 Å². The number of rotatable bonds is 8. The number of hydrogen-bond acceptors (Lipinski definition) is 7. The summed E-state index contributed by atoms with van der Waals surface area (Å²) in [5.41, 5.74) is 7.27. The van der Waals surface area contributed by atoms with Crippen molar-refractivity contribution in [2.24, 2.45) is 12.8 Å². The monoisotopic (exact) mass is 528 g/mol. The molecule has 0 saturated carbocycles. The van der Waals surface area contributed by atoms with Crippen LogP contribution in [0, 0.1) is 0 Å². The first-order chi connectivity index (χ1) is 17.6. The Morgan fingerprint density at radius 1 is 1.27 bits per heavy atom. The smallest absolute Gasteiger partial charge is 0.332 e. The Morgan fingerprint density at radius 3 is 2.70 bits per heavy atom. The van der Waals surface area contributed by atoms with Gasteiger partial charge in [-0.2, -0.15) is 4.98 Å². The standard InChI is InChI=1S/C25H32N6O5S/c1-16(2)9-11-30-21-22(27-24(30)29-10-5-8-19(26)13-29)28(3)25(34)31(23(21)33)14-20(32)18-7-4-6-17(12-18)15-37(35)36/h4,6-7,9,12,19H,5,8,10-11,13-15,26H2,1-3H3,(H,35,36). The zero-order valence-electron chi connectivity index (χ0n) is 21.2. The number of anilines is 1. The van der Waals surface area contributed by atoms with Crippen LogP contribution in [0.15, 0.2) is 45.5 Å². The fraction of sp³-hybridized carbons (Fsp3) is 0.440. The molecule has 0 radical (unpaired) electrons. The number of aromatic nitrogens is 4. The lowest BCUT2D eigenvalue weighted by Gasteiger charge is -2.31. The highest BCUT2D eigenvalue weighted by Crippen LogP contribution is 2.23. The predicted octanol–water partition coefficient (Wildman–Crippen LogP) is 1.40. The minimum atomic E-state index is -2.06. The van der Waals surface area contributed by atoms with Gasteiger partial charge in [0.25, 0.3) is 5.56 Å². The molecule has 1 aliphatic rings. The number of hydrogen-bond donors (Lipinski definition) is 2. The Morgan fingerprint density at radius 2 is 2.03 bits per heavy atom. The maximum absolute atomic E-state index is 13.7. The van der Waals surface area contributed by atoms with E-state index in [4.69, 9.17) is 15.3 Å². The van der Waals surface area contributed by atoms with Crippen LogP contribution < -0.4 is 21.9 Å². The van der Waals surface area contributed by atoms with E-state index in [1.54, 1.807) is 22.8 Å². The number of carbonyl (C=O) groups is 1. The number of benzene rings is 1. The van der Waals surface area contributed by atoms with E-state index in [9.17, 15) is 18.6 Å². The second-order valence-electron chi connectivity index (χ2n) is 9.65. The third kappa shape index (κ3) is 5.65. The van der Waals surface area contributed by atoms with Crippen LogP contribution in [0.1, 0.15) is 42.6 Å². The van der Waals surface area contributed by atoms with Gasteiger partial charge in [-0.3, -0.25) is 18.7 Å². The fourth-order valence-corrected chi connectivity index (χ4v) is 5.06. The zero-order chi connectivity index (χ0) is 26.9. The molecule has 2 aromatic heterocycles. The number of Topliss-reactive ketones (excluding diaryl/α,β-unsaturated/α-hetero) is 1. The molecule has 2 unspecified atom stereocenters. The minimum absolute atomic E-state index is 0.0115. The number of aryl methyl sites for hydroxylation is 1. The molecule has 1 fully saturated rings. The number of nitrogens with two attached hydrogens (primary N) is 1. The molecule has 198 valence electrons. The maximum Gasteiger partial charge on any atom is 0.332 e. The Bertz CT molecular complexity index is 1510. The predicted molar refractivity (Wildman–Crippen MR) is 143 cm³/mol. The van der Waals surface area contributed by atoms with Crippen molar-refractivity contribution in [3.05, 3.63) is 67.9 Å². The molecule has 2 atom stereocenters. The van der Waals surface area contributed by atoms with E-state index < -0.39 is 34.7 Å². The van der Waals surface area contributed by atoms with Crippen molar-refractivity contribution in [2.45, 2.75) is 51.6 Å². The lowest BCUT2D eigenvalue weighted by molar-refractivity contribution is 0.0968. The van der Waals surface area contributed by atoms with Gasteiger partial charge in [0.15, 0.2) is 28.0 Å². The molecule has 4 rings (SSSR count). The number of allylic oxidation sites excluding steroid dienone is 2. The first-order valence-corrected chi connectivity index (χ1v) is 13.4. The molecular formula is C25H32N6O5S. The van der Waals surface area contributed by atoms with Gasteiger partial charge in [-0.05, 0) is 38.3 Å². The van der Waals surface area contributed by atoms with Gasteiger partial charge in [-0.15, -0.1) is 0 Å². The summed E-state index contributed by atoms with van der Waals surface area (Å²) < 4.78 is 24.3. The van der Waals surface area contributed by atoms with E-state index in [2.05, 4.69) is 0 Å². The lowest BCUT2D eigenvalue weighted by Crippen LogP contribution is -2.44. The first kappa shape index (κ1) is 26.7. The maximum atomic E-state index is 13.7. The Labute approximate surface area is 216 Å². The number of imidazole rings is 1. The van der Waals surface area contributed by atoms with E-state index in [0.717, 1.165) is 29.5 Å². The van der Waals surface area contributed by atoms with Crippen molar-refractivity contribution >= 4 is 34.0 Å². The third-order valence-electron chi connectivity index (χ3n) is 6.48. The van der Waals surface area contributed by atoms with Crippen LogP contribution in [-0.2, 0) is 37.0 Å². The molecule has 0 amide bonds. The highest BCUT2D eigenvalue weighted by molar-refractivity contribution is 7.78. The molecule has 3 heterocycles. The van der Waals surface area contributed by atoms with Crippen LogP contribution >= 0.6 is 0 Å². The largest absolute Gasteiger partial charge is 0.341 e. The molecule has 3 N–H and O–H groups in total. The molecule has 1 saturated heterocycles. The first-order valence-electron chi connectivity index (χ1n) is 12.1. The Kier molecular flexibility index (Phi) is 7.90. The summed E-state index contributed by atoms with van der Waals surface area (Å²) in [6, 6.07) is 6.28. The second kappa shape index (κ2) is 11.0. The van der Waals surface area contributed by atoms with Crippen molar-refractivity contribution in [3.63, 3.8) is 0 Å². The van der Waals surface area contributed by atoms with Crippen molar-refractivity contribution in [2.75, 3.05) is 18.0 Å². The average Bonchev–Trinajstić information content (AvgIpc) is 3.23. The quantitative estimate of drug-likeness (QED) is 0.253. The van der Waals surface area contributed by atoms with Crippen molar-refractivity contribution in [1.29, 1.82) is 0 Å². The fourth-order valence-electron chi connectivity index (χ4n) is 4.59. The van der Waals surface area contributed by atoms with E-state index in [-0.39, 0.29) is 28.5 Å². The van der Waals surface area contributed by atoms with Gasteiger partial charge in [0.05, 0.1) is 12.3 Å². The second-order valence-corrected chi connectivity index (χ2v) is 10.6. The molecule has 12 heteroatoms. The number of nitrogens with zero attached hydrogens (tertiary/aromatic N) is 5. The van der Waals surface area contributed by atoms with Crippen LogP contribution in [-0.4, -0.2) is 52.4 Å². The van der Waals surface area contributed by atoms with Crippen LogP contribution in [0.2, 0.25) is 0 Å². The van der Waals surface area contributed by atoms with Crippen LogP contribution in [0.3, 0.4) is 0 Å². The van der Waals surface area contributed by atoms with Gasteiger partial charge < -0.3 is 19.8 Å². The van der Waals surface area contributed by atoms with Crippen LogP contribution in [0.25, 0.3) is 11.2 Å². The lowest BCUT2D eigenvalue weighted by atomic mass is 10.1. The number of carbonyl (C=O) groups excluding carboxylic acids is 1. The molecule has 0 bridgehead atoms. The molecule has 11 nitrogen and oxygen atoms in total. The van der Waals surface area contributed by atoms with Gasteiger partial charge in [0, 0.05) is 38.3 Å². The summed E-state index contributed by atoms with van der Waals surface area (Å²) in [5, 5.41) is 0. The molecule has 0 aliphatic carbocycles.